The van der Waals surface area contributed by atoms with Crippen LogP contribution in [0, 0.1) is 5.82 Å². The van der Waals surface area contributed by atoms with Crippen molar-refractivity contribution in [3.8, 4) is 0 Å². The summed E-state index contributed by atoms with van der Waals surface area (Å²) in [6, 6.07) is 0.766. The molecule has 0 heterocycles. The van der Waals surface area contributed by atoms with Crippen LogP contribution in [-0.4, -0.2) is 19.6 Å². The van der Waals surface area contributed by atoms with Crippen molar-refractivity contribution >= 4 is 5.97 Å². The Balaban J connectivity index is 3.31. The molecule has 0 aliphatic rings. The van der Waals surface area contributed by atoms with Gasteiger partial charge < -0.3 is 4.74 Å². The molecule has 0 fully saturated rings. The second-order valence-electron chi connectivity index (χ2n) is 3.88. The molecule has 0 saturated carbocycles. The van der Waals surface area contributed by atoms with Gasteiger partial charge in [-0.2, -0.15) is 13.2 Å². The van der Waals surface area contributed by atoms with Crippen molar-refractivity contribution in [2.45, 2.75) is 12.2 Å². The second kappa shape index (κ2) is 6.51. The molecule has 0 bridgehead atoms. The van der Waals surface area contributed by atoms with Crippen LogP contribution < -0.4 is 5.32 Å². The van der Waals surface area contributed by atoms with E-state index in [9.17, 15) is 22.4 Å². The molecule has 110 valence electrons. The summed E-state index contributed by atoms with van der Waals surface area (Å²) >= 11 is 0. The fraction of sp³-hybridized carbons (Fsp3) is 0.308. The number of benzene rings is 1. The maximum atomic E-state index is 13.0. The molecular formula is C13H13F4NO2. The van der Waals surface area contributed by atoms with Gasteiger partial charge in [0, 0.05) is 6.54 Å². The van der Waals surface area contributed by atoms with Gasteiger partial charge in [-0.15, -0.1) is 6.58 Å². The van der Waals surface area contributed by atoms with Crippen molar-refractivity contribution in [1.82, 2.24) is 5.32 Å². The molecule has 0 aliphatic carbocycles. The maximum absolute atomic E-state index is 13.0. The van der Waals surface area contributed by atoms with Gasteiger partial charge >= 0.3 is 12.1 Å². The van der Waals surface area contributed by atoms with E-state index in [1.54, 1.807) is 0 Å². The third kappa shape index (κ3) is 3.80. The van der Waals surface area contributed by atoms with Crippen LogP contribution in [0.5, 0.6) is 0 Å². The Morgan fingerprint density at radius 1 is 1.50 bits per heavy atom. The highest BCUT2D eigenvalue weighted by atomic mass is 19.4. The first-order valence-electron chi connectivity index (χ1n) is 5.60. The molecular weight excluding hydrogens is 278 g/mol. The quantitative estimate of drug-likeness (QED) is 0.515. The largest absolute Gasteiger partial charge is 0.468 e. The average molecular weight is 291 g/mol. The minimum Gasteiger partial charge on any atom is -0.468 e. The lowest BCUT2D eigenvalue weighted by Gasteiger charge is -2.20. The lowest BCUT2D eigenvalue weighted by molar-refractivity contribution is -0.145. The second-order valence-corrected chi connectivity index (χ2v) is 3.88. The average Bonchev–Trinajstić information content (AvgIpc) is 2.38. The van der Waals surface area contributed by atoms with Crippen molar-refractivity contribution in [3.63, 3.8) is 0 Å². The summed E-state index contributed by atoms with van der Waals surface area (Å²) in [5.41, 5.74) is -1.61. The molecule has 1 N–H and O–H groups in total. The number of ether oxygens (including phenoxy) is 1. The normalized spacial score (nSPS) is 12.8. The smallest absolute Gasteiger partial charge is 0.416 e. The van der Waals surface area contributed by atoms with E-state index in [2.05, 4.69) is 16.6 Å². The van der Waals surface area contributed by atoms with Gasteiger partial charge in [0.2, 0.25) is 0 Å². The number of esters is 1. The first-order valence-corrected chi connectivity index (χ1v) is 5.60. The van der Waals surface area contributed by atoms with Crippen molar-refractivity contribution in [3.05, 3.63) is 47.8 Å². The third-order valence-corrected chi connectivity index (χ3v) is 2.53. The molecule has 1 unspecified atom stereocenters. The highest BCUT2D eigenvalue weighted by Gasteiger charge is 2.37. The summed E-state index contributed by atoms with van der Waals surface area (Å²) in [4.78, 5) is 11.6. The number of carbonyl (C=O) groups excluding carboxylic acids is 1. The Bertz CT molecular complexity index is 500. The third-order valence-electron chi connectivity index (χ3n) is 2.53. The Morgan fingerprint density at radius 2 is 2.15 bits per heavy atom. The summed E-state index contributed by atoms with van der Waals surface area (Å²) in [6.07, 6.45) is -3.40. The molecule has 1 rings (SSSR count). The molecule has 0 aromatic heterocycles. The van der Waals surface area contributed by atoms with Crippen LogP contribution in [0.3, 0.4) is 0 Å². The van der Waals surface area contributed by atoms with Crippen LogP contribution in [0.2, 0.25) is 0 Å². The highest BCUT2D eigenvalue weighted by Crippen LogP contribution is 2.35. The number of hydrogen-bond donors (Lipinski definition) is 1. The van der Waals surface area contributed by atoms with Crippen LogP contribution in [-0.2, 0) is 15.7 Å². The van der Waals surface area contributed by atoms with E-state index in [0.29, 0.717) is 6.07 Å². The van der Waals surface area contributed by atoms with E-state index in [-0.39, 0.29) is 6.54 Å². The van der Waals surface area contributed by atoms with Crippen LogP contribution in [0.4, 0.5) is 17.6 Å². The SMILES string of the molecule is C=CCNC(C(=O)OC)c1ccc(F)cc1C(F)(F)F. The van der Waals surface area contributed by atoms with E-state index in [4.69, 9.17) is 0 Å². The van der Waals surface area contributed by atoms with Gasteiger partial charge in [-0.3, -0.25) is 5.32 Å². The molecule has 0 spiro atoms. The van der Waals surface area contributed by atoms with Gasteiger partial charge in [0.15, 0.2) is 0 Å². The highest BCUT2D eigenvalue weighted by molar-refractivity contribution is 5.78. The number of nitrogens with one attached hydrogen (secondary N) is 1. The molecule has 0 aliphatic heterocycles. The molecule has 20 heavy (non-hydrogen) atoms. The fourth-order valence-corrected chi connectivity index (χ4v) is 1.67. The van der Waals surface area contributed by atoms with Crippen LogP contribution in [0.15, 0.2) is 30.9 Å². The Kier molecular flexibility index (Phi) is 5.26. The van der Waals surface area contributed by atoms with Crippen LogP contribution >= 0.6 is 0 Å². The number of rotatable bonds is 5. The zero-order chi connectivity index (χ0) is 15.3. The number of methoxy groups -OCH3 is 1. The molecule has 7 heteroatoms. The molecule has 1 aromatic carbocycles. The molecule has 1 aromatic rings. The summed E-state index contributed by atoms with van der Waals surface area (Å²) in [5.74, 6) is -1.93. The topological polar surface area (TPSA) is 38.3 Å². The van der Waals surface area contributed by atoms with E-state index in [0.717, 1.165) is 19.2 Å². The van der Waals surface area contributed by atoms with Gasteiger partial charge in [0.25, 0.3) is 0 Å². The first kappa shape index (κ1) is 16.2. The predicted octanol–water partition coefficient (Wildman–Crippen LogP) is 2.83. The minimum absolute atomic E-state index is 0.0917. The zero-order valence-electron chi connectivity index (χ0n) is 10.6. The van der Waals surface area contributed by atoms with Gasteiger partial charge in [-0.1, -0.05) is 12.1 Å². The minimum atomic E-state index is -4.78. The van der Waals surface area contributed by atoms with E-state index in [1.807, 2.05) is 0 Å². The number of alkyl halides is 3. The molecule has 1 atom stereocenters. The predicted molar refractivity (Wildman–Crippen MR) is 64.4 cm³/mol. The van der Waals surface area contributed by atoms with Crippen molar-refractivity contribution in [1.29, 1.82) is 0 Å². The Labute approximate surface area is 113 Å². The fourth-order valence-electron chi connectivity index (χ4n) is 1.67. The van der Waals surface area contributed by atoms with Crippen molar-refractivity contribution in [2.75, 3.05) is 13.7 Å². The Hall–Kier alpha value is -1.89. The number of halogens is 4. The van der Waals surface area contributed by atoms with Crippen molar-refractivity contribution in [2.24, 2.45) is 0 Å². The van der Waals surface area contributed by atoms with Crippen LogP contribution in [0.1, 0.15) is 17.2 Å². The van der Waals surface area contributed by atoms with Gasteiger partial charge in [0.1, 0.15) is 11.9 Å². The van der Waals surface area contributed by atoms with Crippen LogP contribution in [0.25, 0.3) is 0 Å². The summed E-state index contributed by atoms with van der Waals surface area (Å²) in [7, 11) is 1.06. The summed E-state index contributed by atoms with van der Waals surface area (Å²) in [6.45, 7) is 3.49. The monoisotopic (exact) mass is 291 g/mol. The van der Waals surface area contributed by atoms with Gasteiger partial charge in [-0.25, -0.2) is 9.18 Å². The molecule has 0 saturated heterocycles. The zero-order valence-corrected chi connectivity index (χ0v) is 10.6. The molecule has 3 nitrogen and oxygen atoms in total. The van der Waals surface area contributed by atoms with Crippen molar-refractivity contribution < 1.29 is 27.1 Å². The Morgan fingerprint density at radius 3 is 2.65 bits per heavy atom. The number of hydrogen-bond acceptors (Lipinski definition) is 3. The van der Waals surface area contributed by atoms with E-state index < -0.39 is 35.1 Å². The first-order chi connectivity index (χ1) is 9.31. The molecule has 0 radical (unpaired) electrons. The number of carbonyl (C=O) groups is 1. The summed E-state index contributed by atoms with van der Waals surface area (Å²) < 4.78 is 56.2. The van der Waals surface area contributed by atoms with Gasteiger partial charge in [-0.05, 0) is 17.7 Å². The standard InChI is InChI=1S/C13H13F4NO2/c1-3-6-18-11(12(19)20-2)9-5-4-8(14)7-10(9)13(15,16)17/h3-5,7,11,18H,1,6H2,2H3. The summed E-state index contributed by atoms with van der Waals surface area (Å²) in [5, 5.41) is 2.55. The van der Waals surface area contributed by atoms with E-state index in [1.165, 1.54) is 6.08 Å². The lowest BCUT2D eigenvalue weighted by Crippen LogP contribution is -2.31. The van der Waals surface area contributed by atoms with Gasteiger partial charge in [0.05, 0.1) is 12.7 Å². The molecule has 0 amide bonds. The maximum Gasteiger partial charge on any atom is 0.416 e. The lowest BCUT2D eigenvalue weighted by atomic mass is 9.99. The van der Waals surface area contributed by atoms with E-state index >= 15 is 0 Å².